The summed E-state index contributed by atoms with van der Waals surface area (Å²) in [6.07, 6.45) is 5.32. The van der Waals surface area contributed by atoms with Crippen molar-refractivity contribution in [1.82, 2.24) is 24.8 Å². The van der Waals surface area contributed by atoms with E-state index in [1.54, 1.807) is 34.8 Å². The molecule has 1 amide bonds. The van der Waals surface area contributed by atoms with Crippen LogP contribution in [0.1, 0.15) is 28.1 Å². The summed E-state index contributed by atoms with van der Waals surface area (Å²) < 4.78 is 1.92. The number of para-hydroxylation sites is 1. The lowest BCUT2D eigenvalue weighted by Gasteiger charge is -2.34. The monoisotopic (exact) mass is 480 g/mol. The number of rotatable bonds is 3. The lowest BCUT2D eigenvalue weighted by Crippen LogP contribution is -2.41. The third kappa shape index (κ3) is 3.20. The maximum atomic E-state index is 13.6. The zero-order valence-electron chi connectivity index (χ0n) is 15.7. The predicted octanol–water partition coefficient (Wildman–Crippen LogP) is 3.65. The van der Waals surface area contributed by atoms with Gasteiger partial charge in [-0.05, 0) is 40.2 Å². The zero-order valence-corrected chi connectivity index (χ0v) is 18.2. The Morgan fingerprint density at radius 3 is 2.90 bits per heavy atom. The van der Waals surface area contributed by atoms with Crippen LogP contribution >= 0.6 is 27.3 Å². The number of hydrogen-bond acceptors (Lipinski definition) is 6. The third-order valence-electron chi connectivity index (χ3n) is 5.13. The predicted molar refractivity (Wildman–Crippen MR) is 120 cm³/mol. The standard InChI is InChI=1S/C21H17BrN6OS/c22-12-5-6-14(24-10-12)13(9-23)21(29)28-8-7-16-18(26-11-25-16)19(28)20-27-15-3-1-2-4-17(15)30-20/h1-6,9-11,19H,7-8,23H2,(H,25,26)/b13-9+/t19-/m0/s1. The van der Waals surface area contributed by atoms with Gasteiger partial charge in [-0.15, -0.1) is 11.3 Å². The van der Waals surface area contributed by atoms with E-state index in [0.29, 0.717) is 24.2 Å². The third-order valence-corrected chi connectivity index (χ3v) is 6.69. The van der Waals surface area contributed by atoms with Crippen molar-refractivity contribution in [3.63, 3.8) is 0 Å². The maximum Gasteiger partial charge on any atom is 0.258 e. The fourth-order valence-corrected chi connectivity index (χ4v) is 5.04. The number of nitrogens with one attached hydrogen (secondary N) is 1. The largest absolute Gasteiger partial charge is 0.404 e. The SMILES string of the molecule is N/C=C(/C(=O)N1CCc2nc[nH]c2[C@H]1c1nc2ccccc2s1)c1ccc(Br)cn1. The molecule has 3 N–H and O–H groups in total. The molecule has 150 valence electrons. The lowest BCUT2D eigenvalue weighted by atomic mass is 10.0. The molecular formula is C21H17BrN6OS. The molecule has 1 aliphatic heterocycles. The highest BCUT2D eigenvalue weighted by Crippen LogP contribution is 2.38. The second-order valence-corrected chi connectivity index (χ2v) is 8.85. The number of pyridine rings is 1. The summed E-state index contributed by atoms with van der Waals surface area (Å²) in [5.74, 6) is -0.183. The number of carbonyl (C=O) groups is 1. The van der Waals surface area contributed by atoms with Crippen molar-refractivity contribution in [2.45, 2.75) is 12.5 Å². The second kappa shape index (κ2) is 7.66. The minimum Gasteiger partial charge on any atom is -0.404 e. The highest BCUT2D eigenvalue weighted by atomic mass is 79.9. The number of aromatic amines is 1. The number of benzene rings is 1. The number of aromatic nitrogens is 4. The number of thiazole rings is 1. The number of nitrogens with two attached hydrogens (primary N) is 1. The van der Waals surface area contributed by atoms with Crippen molar-refractivity contribution >= 4 is 49.0 Å². The summed E-state index contributed by atoms with van der Waals surface area (Å²) in [5, 5.41) is 0.842. The summed E-state index contributed by atoms with van der Waals surface area (Å²) in [4.78, 5) is 32.3. The molecule has 4 aromatic rings. The minimum absolute atomic E-state index is 0.183. The summed E-state index contributed by atoms with van der Waals surface area (Å²) in [7, 11) is 0. The molecule has 1 atom stereocenters. The molecule has 0 unspecified atom stereocenters. The Morgan fingerprint density at radius 2 is 2.13 bits per heavy atom. The van der Waals surface area contributed by atoms with Crippen LogP contribution in [0.4, 0.5) is 0 Å². The Hall–Kier alpha value is -3.04. The Balaban J connectivity index is 1.59. The van der Waals surface area contributed by atoms with Gasteiger partial charge in [-0.1, -0.05) is 12.1 Å². The number of H-pyrrole nitrogens is 1. The molecule has 0 spiro atoms. The van der Waals surface area contributed by atoms with E-state index in [2.05, 4.69) is 30.9 Å². The normalized spacial score (nSPS) is 16.6. The van der Waals surface area contributed by atoms with Gasteiger partial charge in [0.05, 0.1) is 39.2 Å². The first kappa shape index (κ1) is 19.0. The van der Waals surface area contributed by atoms with E-state index in [9.17, 15) is 4.79 Å². The van der Waals surface area contributed by atoms with Gasteiger partial charge in [-0.3, -0.25) is 9.78 Å². The van der Waals surface area contributed by atoms with Gasteiger partial charge in [0, 0.05) is 29.8 Å². The van der Waals surface area contributed by atoms with E-state index in [1.807, 2.05) is 30.3 Å². The summed E-state index contributed by atoms with van der Waals surface area (Å²) >= 11 is 4.96. The maximum absolute atomic E-state index is 13.6. The van der Waals surface area contributed by atoms with Crippen LogP contribution in [0.3, 0.4) is 0 Å². The minimum atomic E-state index is -0.355. The smallest absolute Gasteiger partial charge is 0.258 e. The van der Waals surface area contributed by atoms with E-state index >= 15 is 0 Å². The van der Waals surface area contributed by atoms with E-state index < -0.39 is 0 Å². The van der Waals surface area contributed by atoms with Crippen molar-refractivity contribution in [3.05, 3.63) is 81.7 Å². The van der Waals surface area contributed by atoms with E-state index in [0.717, 1.165) is 31.1 Å². The number of halogens is 1. The van der Waals surface area contributed by atoms with Crippen LogP contribution in [0, 0.1) is 0 Å². The molecule has 0 aliphatic carbocycles. The van der Waals surface area contributed by atoms with Gasteiger partial charge in [0.15, 0.2) is 0 Å². The second-order valence-electron chi connectivity index (χ2n) is 6.88. The van der Waals surface area contributed by atoms with Gasteiger partial charge in [-0.25, -0.2) is 9.97 Å². The van der Waals surface area contributed by atoms with Crippen molar-refractivity contribution < 1.29 is 4.79 Å². The highest BCUT2D eigenvalue weighted by Gasteiger charge is 2.37. The van der Waals surface area contributed by atoms with Crippen LogP contribution in [0.5, 0.6) is 0 Å². The molecule has 0 radical (unpaired) electrons. The van der Waals surface area contributed by atoms with Gasteiger partial charge in [0.25, 0.3) is 5.91 Å². The summed E-state index contributed by atoms with van der Waals surface area (Å²) in [6, 6.07) is 11.2. The van der Waals surface area contributed by atoms with Gasteiger partial charge < -0.3 is 15.6 Å². The first-order valence-electron chi connectivity index (χ1n) is 9.38. The first-order valence-corrected chi connectivity index (χ1v) is 11.0. The molecule has 0 saturated heterocycles. The number of hydrogen-bond donors (Lipinski definition) is 2. The van der Waals surface area contributed by atoms with Gasteiger partial charge in [0.2, 0.25) is 0 Å². The molecule has 0 bridgehead atoms. The van der Waals surface area contributed by atoms with Crippen LogP contribution in [-0.2, 0) is 11.2 Å². The fourth-order valence-electron chi connectivity index (χ4n) is 3.72. The lowest BCUT2D eigenvalue weighted by molar-refractivity contribution is -0.127. The Kier molecular flexibility index (Phi) is 4.84. The van der Waals surface area contributed by atoms with E-state index in [-0.39, 0.29) is 11.9 Å². The average Bonchev–Trinajstić information content (AvgIpc) is 3.41. The molecule has 0 fully saturated rings. The highest BCUT2D eigenvalue weighted by molar-refractivity contribution is 9.10. The van der Waals surface area contributed by atoms with Gasteiger partial charge in [0.1, 0.15) is 11.0 Å². The first-order chi connectivity index (χ1) is 14.7. The Bertz CT molecular complexity index is 1230. The van der Waals surface area contributed by atoms with Crippen molar-refractivity contribution in [1.29, 1.82) is 0 Å². The molecule has 1 aliphatic rings. The number of nitrogens with zero attached hydrogens (tertiary/aromatic N) is 4. The molecule has 3 aromatic heterocycles. The van der Waals surface area contributed by atoms with Gasteiger partial charge in [-0.2, -0.15) is 0 Å². The molecular weight excluding hydrogens is 464 g/mol. The average molecular weight is 481 g/mol. The van der Waals surface area contributed by atoms with E-state index in [1.165, 1.54) is 6.20 Å². The molecule has 1 aromatic carbocycles. The quantitative estimate of drug-likeness (QED) is 0.435. The molecule has 4 heterocycles. The summed E-state index contributed by atoms with van der Waals surface area (Å²) in [5.41, 5.74) is 9.54. The zero-order chi connectivity index (χ0) is 20.7. The van der Waals surface area contributed by atoms with Crippen LogP contribution in [0.2, 0.25) is 0 Å². The van der Waals surface area contributed by atoms with Crippen molar-refractivity contribution in [3.8, 4) is 0 Å². The van der Waals surface area contributed by atoms with Gasteiger partial charge >= 0.3 is 0 Å². The summed E-state index contributed by atoms with van der Waals surface area (Å²) in [6.45, 7) is 0.519. The van der Waals surface area contributed by atoms with Crippen molar-refractivity contribution in [2.24, 2.45) is 5.73 Å². The Morgan fingerprint density at radius 1 is 1.27 bits per heavy atom. The molecule has 7 nitrogen and oxygen atoms in total. The molecule has 30 heavy (non-hydrogen) atoms. The van der Waals surface area contributed by atoms with E-state index in [4.69, 9.17) is 10.7 Å². The van der Waals surface area contributed by atoms with Crippen LogP contribution < -0.4 is 5.73 Å². The number of carbonyl (C=O) groups excluding carboxylic acids is 1. The van der Waals surface area contributed by atoms with Crippen LogP contribution in [0.15, 0.2) is 59.6 Å². The fraction of sp³-hybridized carbons (Fsp3) is 0.143. The molecule has 5 rings (SSSR count). The molecule has 9 heteroatoms. The number of fused-ring (bicyclic) bond motifs is 2. The Labute approximate surface area is 184 Å². The van der Waals surface area contributed by atoms with Crippen LogP contribution in [-0.4, -0.2) is 37.3 Å². The number of amides is 1. The topological polar surface area (TPSA) is 101 Å². The van der Waals surface area contributed by atoms with Crippen molar-refractivity contribution in [2.75, 3.05) is 6.54 Å². The number of imidazole rings is 1. The molecule has 0 saturated carbocycles. The van der Waals surface area contributed by atoms with Crippen LogP contribution in [0.25, 0.3) is 15.8 Å².